The fourth-order valence-corrected chi connectivity index (χ4v) is 5.77. The third kappa shape index (κ3) is 14.8. The second-order valence-electron chi connectivity index (χ2n) is 14.4. The third-order valence-electron chi connectivity index (χ3n) is 8.64. The summed E-state index contributed by atoms with van der Waals surface area (Å²) in [4.78, 5) is 34.0. The molecule has 2 atom stereocenters. The molecule has 0 aromatic carbocycles. The van der Waals surface area contributed by atoms with Gasteiger partial charge in [-0.05, 0) is 94.6 Å². The van der Waals surface area contributed by atoms with Crippen LogP contribution in [0.25, 0.3) is 0 Å². The number of nitrogens with one attached hydrogen (secondary N) is 1. The van der Waals surface area contributed by atoms with E-state index in [0.29, 0.717) is 24.0 Å². The van der Waals surface area contributed by atoms with Crippen molar-refractivity contribution < 1.29 is 29.7 Å². The maximum Gasteiger partial charge on any atom is 0.317 e. The first-order valence-electron chi connectivity index (χ1n) is 17.0. The van der Waals surface area contributed by atoms with E-state index in [-0.39, 0.29) is 28.9 Å². The van der Waals surface area contributed by atoms with Gasteiger partial charge in [-0.15, -0.1) is 0 Å². The van der Waals surface area contributed by atoms with E-state index in [4.69, 9.17) is 5.11 Å². The highest BCUT2D eigenvalue weighted by atomic mass is 16.4. The van der Waals surface area contributed by atoms with E-state index in [1.54, 1.807) is 20.9 Å². The number of carboxylic acid groups (broad SMARTS) is 1. The monoisotopic (exact) mass is 685 g/mol. The van der Waals surface area contributed by atoms with Crippen molar-refractivity contribution in [1.82, 2.24) is 5.32 Å². The standard InChI is InChI=1S/C40H52O4.C3H7NO2/c1-27(17-13-19-29(3)21-23-33-31(5)37(43)35(41)25-39(33,7)8)15-11-12-16-28(2)18-14-20-30(4)22-24-34-32(6)38(44)36(42)26-40(34,9)10;1-4-2-3(5)6/h11-24,35-36,41-42H,25-26H2,1-10H3;4H,2H2,1H3,(H,5,6)/b12-11+,17-13+,18-14+,23-21+,24-22+,27-15+,28-16+,29-19+,30-20+;. The van der Waals surface area contributed by atoms with Gasteiger partial charge in [-0.2, -0.15) is 0 Å². The molecule has 0 amide bonds. The van der Waals surface area contributed by atoms with Gasteiger partial charge in [-0.3, -0.25) is 14.4 Å². The Morgan fingerprint density at radius 1 is 0.660 bits per heavy atom. The van der Waals surface area contributed by atoms with Gasteiger partial charge in [0, 0.05) is 0 Å². The van der Waals surface area contributed by atoms with Crippen molar-refractivity contribution in [3.8, 4) is 0 Å². The van der Waals surface area contributed by atoms with E-state index in [2.05, 4.69) is 71.2 Å². The number of hydrogen-bond donors (Lipinski definition) is 4. The summed E-state index contributed by atoms with van der Waals surface area (Å²) in [5.41, 5.74) is 7.16. The molecule has 0 aliphatic heterocycles. The Labute approximate surface area is 300 Å². The van der Waals surface area contributed by atoms with Gasteiger partial charge < -0.3 is 20.6 Å². The van der Waals surface area contributed by atoms with Gasteiger partial charge >= 0.3 is 5.97 Å². The molecule has 2 aliphatic rings. The fraction of sp³-hybridized carbons (Fsp3) is 0.419. The maximum absolute atomic E-state index is 12.2. The molecule has 0 saturated heterocycles. The molecule has 50 heavy (non-hydrogen) atoms. The minimum Gasteiger partial charge on any atom is -0.480 e. The number of aliphatic carboxylic acids is 1. The quantitative estimate of drug-likeness (QED) is 0.153. The Hall–Kier alpha value is -4.17. The molecule has 4 N–H and O–H groups in total. The predicted octanol–water partition coefficient (Wildman–Crippen LogP) is 8.20. The lowest BCUT2D eigenvalue weighted by molar-refractivity contribution is -0.135. The summed E-state index contributed by atoms with van der Waals surface area (Å²) in [7, 11) is 1.59. The van der Waals surface area contributed by atoms with Gasteiger partial charge in [0.15, 0.2) is 11.6 Å². The van der Waals surface area contributed by atoms with Crippen molar-refractivity contribution in [2.45, 2.75) is 94.3 Å². The minimum atomic E-state index is -0.907. The summed E-state index contributed by atoms with van der Waals surface area (Å²) in [5, 5.41) is 30.4. The normalized spacial score (nSPS) is 22.6. The Morgan fingerprint density at radius 2 is 0.980 bits per heavy atom. The van der Waals surface area contributed by atoms with Crippen molar-refractivity contribution in [2.75, 3.05) is 13.6 Å². The molecule has 0 spiro atoms. The first-order valence-corrected chi connectivity index (χ1v) is 17.0. The highest BCUT2D eigenvalue weighted by molar-refractivity contribution is 6.01. The third-order valence-corrected chi connectivity index (χ3v) is 8.64. The molecule has 0 heterocycles. The van der Waals surface area contributed by atoms with E-state index in [1.807, 2.05) is 74.6 Å². The second-order valence-corrected chi connectivity index (χ2v) is 14.4. The molecule has 2 aliphatic carbocycles. The summed E-state index contributed by atoms with van der Waals surface area (Å²) in [6, 6.07) is 0. The van der Waals surface area contributed by atoms with Crippen LogP contribution in [0.15, 0.2) is 130 Å². The number of carbonyl (C=O) groups excluding carboxylic acids is 2. The van der Waals surface area contributed by atoms with E-state index < -0.39 is 18.2 Å². The van der Waals surface area contributed by atoms with Gasteiger partial charge in [0.05, 0.1) is 6.54 Å². The lowest BCUT2D eigenvalue weighted by atomic mass is 9.71. The molecule has 0 aromatic heterocycles. The van der Waals surface area contributed by atoms with Crippen LogP contribution >= 0.6 is 0 Å². The van der Waals surface area contributed by atoms with Crippen molar-refractivity contribution in [3.05, 3.63) is 130 Å². The first kappa shape index (κ1) is 43.9. The van der Waals surface area contributed by atoms with Crippen LogP contribution in [-0.2, 0) is 14.4 Å². The van der Waals surface area contributed by atoms with E-state index >= 15 is 0 Å². The van der Waals surface area contributed by atoms with E-state index in [0.717, 1.165) is 33.4 Å². The summed E-state index contributed by atoms with van der Waals surface area (Å²) in [5.74, 6) is -1.17. The number of Topliss-reactive ketones (excluding diaryl/α,β-unsaturated/α-hetero) is 2. The molecular formula is C43H59NO6. The number of carbonyl (C=O) groups is 3. The molecule has 7 nitrogen and oxygen atoms in total. The molecule has 0 saturated carbocycles. The zero-order valence-corrected chi connectivity index (χ0v) is 31.9. The highest BCUT2D eigenvalue weighted by Gasteiger charge is 2.37. The predicted molar refractivity (Wildman–Crippen MR) is 207 cm³/mol. The largest absolute Gasteiger partial charge is 0.480 e. The lowest BCUT2D eigenvalue weighted by Gasteiger charge is -2.34. The summed E-state index contributed by atoms with van der Waals surface area (Å²) in [6.45, 7) is 20.1. The lowest BCUT2D eigenvalue weighted by Crippen LogP contribution is -2.35. The van der Waals surface area contributed by atoms with Crippen LogP contribution in [0, 0.1) is 10.8 Å². The van der Waals surface area contributed by atoms with E-state index in [1.165, 1.54) is 0 Å². The first-order chi connectivity index (χ1) is 23.2. The molecular weight excluding hydrogens is 626 g/mol. The number of carboxylic acids is 1. The molecule has 7 heteroatoms. The molecule has 2 unspecified atom stereocenters. The summed E-state index contributed by atoms with van der Waals surface area (Å²) in [6.07, 6.45) is 27.5. The Kier molecular flexibility index (Phi) is 18.0. The Bertz CT molecular complexity index is 1480. The van der Waals surface area contributed by atoms with Crippen molar-refractivity contribution in [3.63, 3.8) is 0 Å². The molecule has 0 fully saturated rings. The Morgan fingerprint density at radius 3 is 1.28 bits per heavy atom. The summed E-state index contributed by atoms with van der Waals surface area (Å²) < 4.78 is 0. The van der Waals surface area contributed by atoms with Crippen molar-refractivity contribution in [2.24, 2.45) is 10.8 Å². The zero-order chi connectivity index (χ0) is 38.2. The topological polar surface area (TPSA) is 124 Å². The van der Waals surface area contributed by atoms with Gasteiger partial charge in [-0.1, -0.05) is 135 Å². The molecule has 0 radical (unpaired) electrons. The number of likely N-dealkylation sites (N-methyl/N-ethyl adjacent to an activating group) is 1. The average Bonchev–Trinajstić information content (AvgIpc) is 3.00. The molecule has 2 rings (SSSR count). The Balaban J connectivity index is 0.00000190. The van der Waals surface area contributed by atoms with Crippen LogP contribution in [-0.4, -0.2) is 58.7 Å². The number of aliphatic hydroxyl groups is 2. The highest BCUT2D eigenvalue weighted by Crippen LogP contribution is 2.40. The molecule has 0 bridgehead atoms. The number of allylic oxidation sites excluding steroid dienone is 20. The minimum absolute atomic E-state index is 0.0417. The van der Waals surface area contributed by atoms with Crippen molar-refractivity contribution >= 4 is 17.5 Å². The van der Waals surface area contributed by atoms with Gasteiger partial charge in [0.2, 0.25) is 0 Å². The van der Waals surface area contributed by atoms with Crippen LogP contribution in [0.2, 0.25) is 0 Å². The van der Waals surface area contributed by atoms with Crippen LogP contribution < -0.4 is 5.32 Å². The number of rotatable bonds is 12. The number of aliphatic hydroxyl groups excluding tert-OH is 2. The van der Waals surface area contributed by atoms with Gasteiger partial charge in [0.25, 0.3) is 0 Å². The smallest absolute Gasteiger partial charge is 0.317 e. The van der Waals surface area contributed by atoms with Gasteiger partial charge in [-0.25, -0.2) is 0 Å². The number of ketones is 2. The second kappa shape index (κ2) is 20.5. The van der Waals surface area contributed by atoms with Crippen LogP contribution in [0.1, 0.15) is 82.1 Å². The number of hydrogen-bond acceptors (Lipinski definition) is 6. The molecule has 272 valence electrons. The van der Waals surface area contributed by atoms with Crippen molar-refractivity contribution in [1.29, 1.82) is 0 Å². The fourth-order valence-electron chi connectivity index (χ4n) is 5.77. The van der Waals surface area contributed by atoms with Crippen LogP contribution in [0.4, 0.5) is 0 Å². The molecule has 0 aromatic rings. The maximum atomic E-state index is 12.2. The van der Waals surface area contributed by atoms with E-state index in [9.17, 15) is 24.6 Å². The average molecular weight is 686 g/mol. The SMILES string of the molecule is CC1=C(/C=C/C(C)=C/C=C/C(C)=C/C=C/C=C(C)/C=C/C=C(C)/C=C/C2=C(C)C(=O)C(O)CC2(C)C)C(C)(C)CC(O)C1=O.CNCC(=O)O. The van der Waals surface area contributed by atoms with Gasteiger partial charge in [0.1, 0.15) is 12.2 Å². The van der Waals surface area contributed by atoms with Crippen LogP contribution in [0.5, 0.6) is 0 Å². The van der Waals surface area contributed by atoms with Crippen LogP contribution in [0.3, 0.4) is 0 Å². The summed E-state index contributed by atoms with van der Waals surface area (Å²) >= 11 is 0. The zero-order valence-electron chi connectivity index (χ0n) is 31.9.